The van der Waals surface area contributed by atoms with Crippen LogP contribution in [-0.4, -0.2) is 22.9 Å². The number of ether oxygens (including phenoxy) is 1. The van der Waals surface area contributed by atoms with Gasteiger partial charge < -0.3 is 4.74 Å². The lowest BCUT2D eigenvalue weighted by Gasteiger charge is -2.13. The number of hydrogen-bond donors (Lipinski definition) is 0. The van der Waals surface area contributed by atoms with E-state index >= 15 is 0 Å². The fourth-order valence-corrected chi connectivity index (χ4v) is 2.93. The summed E-state index contributed by atoms with van der Waals surface area (Å²) in [6.45, 7) is 4.83. The van der Waals surface area contributed by atoms with Crippen LogP contribution < -0.4 is 0 Å². The van der Waals surface area contributed by atoms with Crippen LogP contribution in [0.2, 0.25) is 0 Å². The molecule has 1 fully saturated rings. The van der Waals surface area contributed by atoms with Crippen LogP contribution in [0.1, 0.15) is 24.6 Å². The van der Waals surface area contributed by atoms with Gasteiger partial charge in [0.25, 0.3) is 0 Å². The Balaban J connectivity index is 2.20. The maximum absolute atomic E-state index is 9.01. The third kappa shape index (κ3) is 2.37. The van der Waals surface area contributed by atoms with Crippen molar-refractivity contribution in [2.24, 2.45) is 0 Å². The fraction of sp³-hybridized carbons (Fsp3) is 0.500. The first-order valence-corrected chi connectivity index (χ1v) is 6.24. The number of hydrogen-bond acceptors (Lipinski definition) is 4. The van der Waals surface area contributed by atoms with Crippen LogP contribution in [0.4, 0.5) is 0 Å². The molecule has 0 aromatic carbocycles. The molecule has 1 aliphatic rings. The van der Waals surface area contributed by atoms with Crippen LogP contribution in [0.5, 0.6) is 0 Å². The second kappa shape index (κ2) is 4.86. The molecule has 4 heteroatoms. The first kappa shape index (κ1) is 11.4. The van der Waals surface area contributed by atoms with Crippen LogP contribution in [0.25, 0.3) is 0 Å². The van der Waals surface area contributed by atoms with Crippen LogP contribution in [0.15, 0.2) is 17.2 Å². The Bertz CT molecular complexity index is 428. The standard InChI is InChI=1S/C12H14N2OS/c1-8-3-4-10(7-13)12(14-8)16-11-5-6-15-9(11)2/h3-4,9,11H,5-6H2,1-2H3. The predicted molar refractivity (Wildman–Crippen MR) is 63.4 cm³/mol. The minimum Gasteiger partial charge on any atom is -0.377 e. The number of aromatic nitrogens is 1. The lowest BCUT2D eigenvalue weighted by Crippen LogP contribution is -2.13. The van der Waals surface area contributed by atoms with Gasteiger partial charge in [0.15, 0.2) is 0 Å². The smallest absolute Gasteiger partial charge is 0.114 e. The highest BCUT2D eigenvalue weighted by atomic mass is 32.2. The van der Waals surface area contributed by atoms with E-state index in [0.29, 0.717) is 10.8 Å². The largest absolute Gasteiger partial charge is 0.377 e. The average Bonchev–Trinajstić information content (AvgIpc) is 2.65. The van der Waals surface area contributed by atoms with Crippen molar-refractivity contribution in [3.05, 3.63) is 23.4 Å². The Labute approximate surface area is 99.8 Å². The Morgan fingerprint density at radius 3 is 3.00 bits per heavy atom. The molecule has 2 heterocycles. The predicted octanol–water partition coefficient (Wildman–Crippen LogP) is 2.53. The molecule has 3 nitrogen and oxygen atoms in total. The molecule has 0 spiro atoms. The second-order valence-electron chi connectivity index (χ2n) is 3.94. The highest BCUT2D eigenvalue weighted by molar-refractivity contribution is 8.00. The molecule has 16 heavy (non-hydrogen) atoms. The molecule has 1 aromatic rings. The second-order valence-corrected chi connectivity index (χ2v) is 5.17. The van der Waals surface area contributed by atoms with E-state index in [1.54, 1.807) is 11.8 Å². The van der Waals surface area contributed by atoms with E-state index in [2.05, 4.69) is 18.0 Å². The third-order valence-electron chi connectivity index (χ3n) is 2.69. The molecule has 0 aliphatic carbocycles. The molecule has 1 aromatic heterocycles. The van der Waals surface area contributed by atoms with Crippen LogP contribution in [0.3, 0.4) is 0 Å². The minimum atomic E-state index is 0.249. The SMILES string of the molecule is Cc1ccc(C#N)c(SC2CCOC2C)n1. The van der Waals surface area contributed by atoms with E-state index in [1.165, 1.54) is 0 Å². The van der Waals surface area contributed by atoms with Gasteiger partial charge >= 0.3 is 0 Å². The van der Waals surface area contributed by atoms with Gasteiger partial charge in [0.1, 0.15) is 11.1 Å². The van der Waals surface area contributed by atoms with Crippen LogP contribution in [0, 0.1) is 18.3 Å². The van der Waals surface area contributed by atoms with E-state index in [4.69, 9.17) is 10.00 Å². The molecule has 1 saturated heterocycles. The molecule has 2 rings (SSSR count). The number of pyridine rings is 1. The van der Waals surface area contributed by atoms with Crippen molar-refractivity contribution in [2.45, 2.75) is 36.6 Å². The summed E-state index contributed by atoms with van der Waals surface area (Å²) in [5.41, 5.74) is 1.61. The summed E-state index contributed by atoms with van der Waals surface area (Å²) in [6.07, 6.45) is 1.28. The van der Waals surface area contributed by atoms with Crippen molar-refractivity contribution in [1.29, 1.82) is 5.26 Å². The van der Waals surface area contributed by atoms with Gasteiger partial charge in [0, 0.05) is 17.6 Å². The van der Waals surface area contributed by atoms with Crippen molar-refractivity contribution in [1.82, 2.24) is 4.98 Å². The summed E-state index contributed by atoms with van der Waals surface area (Å²) >= 11 is 1.67. The van der Waals surface area contributed by atoms with E-state index < -0.39 is 0 Å². The molecule has 0 N–H and O–H groups in total. The van der Waals surface area contributed by atoms with E-state index in [9.17, 15) is 0 Å². The van der Waals surface area contributed by atoms with Crippen LogP contribution in [-0.2, 0) is 4.74 Å². The molecule has 0 radical (unpaired) electrons. The zero-order valence-electron chi connectivity index (χ0n) is 9.43. The first-order chi connectivity index (χ1) is 7.70. The maximum atomic E-state index is 9.01. The van der Waals surface area contributed by atoms with Crippen LogP contribution >= 0.6 is 11.8 Å². The quantitative estimate of drug-likeness (QED) is 0.789. The molecule has 0 saturated carbocycles. The van der Waals surface area contributed by atoms with Gasteiger partial charge in [-0.1, -0.05) is 11.8 Å². The Hall–Kier alpha value is -1.05. The summed E-state index contributed by atoms with van der Waals surface area (Å²) in [4.78, 5) is 4.43. The van der Waals surface area contributed by atoms with Gasteiger partial charge in [-0.3, -0.25) is 0 Å². The number of nitrogens with zero attached hydrogens (tertiary/aromatic N) is 2. The summed E-state index contributed by atoms with van der Waals surface area (Å²) in [6, 6.07) is 5.90. The number of thioether (sulfide) groups is 1. The normalized spacial score (nSPS) is 24.3. The van der Waals surface area contributed by atoms with Gasteiger partial charge in [-0.2, -0.15) is 5.26 Å². The molecule has 2 unspecified atom stereocenters. The minimum absolute atomic E-state index is 0.249. The Morgan fingerprint density at radius 2 is 2.38 bits per heavy atom. The van der Waals surface area contributed by atoms with Crippen molar-refractivity contribution < 1.29 is 4.74 Å². The average molecular weight is 234 g/mol. The lowest BCUT2D eigenvalue weighted by atomic mass is 10.2. The fourth-order valence-electron chi connectivity index (χ4n) is 1.72. The third-order valence-corrected chi connectivity index (χ3v) is 4.15. The van der Waals surface area contributed by atoms with Gasteiger partial charge in [-0.05, 0) is 32.4 Å². The molecule has 2 atom stereocenters. The molecule has 84 valence electrons. The van der Waals surface area contributed by atoms with Crippen molar-refractivity contribution in [3.63, 3.8) is 0 Å². The van der Waals surface area contributed by atoms with Crippen molar-refractivity contribution in [2.75, 3.05) is 6.61 Å². The lowest BCUT2D eigenvalue weighted by molar-refractivity contribution is 0.127. The summed E-state index contributed by atoms with van der Waals surface area (Å²) in [5, 5.41) is 10.3. The summed E-state index contributed by atoms with van der Waals surface area (Å²) in [7, 11) is 0. The summed E-state index contributed by atoms with van der Waals surface area (Å²) < 4.78 is 5.51. The van der Waals surface area contributed by atoms with Gasteiger partial charge in [-0.15, -0.1) is 0 Å². The van der Waals surface area contributed by atoms with E-state index in [-0.39, 0.29) is 6.10 Å². The number of nitriles is 1. The molecule has 0 amide bonds. The molecule has 0 bridgehead atoms. The monoisotopic (exact) mass is 234 g/mol. The highest BCUT2D eigenvalue weighted by Gasteiger charge is 2.26. The van der Waals surface area contributed by atoms with Gasteiger partial charge in [-0.25, -0.2) is 4.98 Å². The maximum Gasteiger partial charge on any atom is 0.114 e. The van der Waals surface area contributed by atoms with Crippen molar-refractivity contribution in [3.8, 4) is 6.07 Å². The number of rotatable bonds is 2. The summed E-state index contributed by atoms with van der Waals surface area (Å²) in [5.74, 6) is 0. The Morgan fingerprint density at radius 1 is 1.56 bits per heavy atom. The molecular weight excluding hydrogens is 220 g/mol. The number of aryl methyl sites for hydroxylation is 1. The van der Waals surface area contributed by atoms with E-state index in [0.717, 1.165) is 23.7 Å². The van der Waals surface area contributed by atoms with Crippen molar-refractivity contribution >= 4 is 11.8 Å². The molecule has 1 aliphatic heterocycles. The van der Waals surface area contributed by atoms with Gasteiger partial charge in [0.05, 0.1) is 11.7 Å². The first-order valence-electron chi connectivity index (χ1n) is 5.36. The highest BCUT2D eigenvalue weighted by Crippen LogP contribution is 2.33. The topological polar surface area (TPSA) is 45.9 Å². The zero-order valence-corrected chi connectivity index (χ0v) is 10.3. The van der Waals surface area contributed by atoms with E-state index in [1.807, 2.05) is 19.1 Å². The van der Waals surface area contributed by atoms with Gasteiger partial charge in [0.2, 0.25) is 0 Å². The molecular formula is C12H14N2OS. The Kier molecular flexibility index (Phi) is 3.47. The zero-order chi connectivity index (χ0) is 11.5.